The van der Waals surface area contributed by atoms with Crippen molar-refractivity contribution in [3.63, 3.8) is 0 Å². The van der Waals surface area contributed by atoms with Gasteiger partial charge in [-0.25, -0.2) is 4.98 Å². The largest absolute Gasteiger partial charge is 0.335 e. The maximum atomic E-state index is 5.27. The Morgan fingerprint density at radius 1 is 0.957 bits per heavy atom. The van der Waals surface area contributed by atoms with E-state index >= 15 is 0 Å². The van der Waals surface area contributed by atoms with Crippen molar-refractivity contribution < 1.29 is 4.52 Å². The van der Waals surface area contributed by atoms with Crippen LogP contribution < -0.4 is 0 Å². The van der Waals surface area contributed by atoms with Crippen LogP contribution in [0.1, 0.15) is 17.3 Å². The Bertz CT molecular complexity index is 953. The van der Waals surface area contributed by atoms with Crippen molar-refractivity contribution in [1.29, 1.82) is 0 Å². The van der Waals surface area contributed by atoms with Crippen molar-refractivity contribution in [3.05, 3.63) is 78.2 Å². The third-order valence-corrected chi connectivity index (χ3v) is 3.54. The molecule has 0 saturated heterocycles. The molecule has 0 aliphatic heterocycles. The van der Waals surface area contributed by atoms with E-state index in [9.17, 15) is 0 Å². The summed E-state index contributed by atoms with van der Waals surface area (Å²) in [5.41, 5.74) is 3.10. The minimum absolute atomic E-state index is 0.494. The molecule has 0 amide bonds. The van der Waals surface area contributed by atoms with Crippen LogP contribution in [0.25, 0.3) is 23.2 Å². The highest BCUT2D eigenvalue weighted by atomic mass is 16.5. The molecule has 0 fully saturated rings. The molecule has 0 unspecified atom stereocenters. The summed E-state index contributed by atoms with van der Waals surface area (Å²) in [6, 6.07) is 18.0. The average Bonchev–Trinajstić information content (AvgIpc) is 3.22. The average molecular weight is 302 g/mol. The van der Waals surface area contributed by atoms with E-state index in [-0.39, 0.29) is 0 Å². The van der Waals surface area contributed by atoms with Gasteiger partial charge < -0.3 is 9.09 Å². The molecule has 0 aliphatic rings. The van der Waals surface area contributed by atoms with Gasteiger partial charge in [0.25, 0.3) is 5.89 Å². The van der Waals surface area contributed by atoms with E-state index in [4.69, 9.17) is 4.52 Å². The van der Waals surface area contributed by atoms with Crippen molar-refractivity contribution >= 4 is 23.2 Å². The normalized spacial score (nSPS) is 11.5. The lowest BCUT2D eigenvalue weighted by Crippen LogP contribution is -1.99. The SMILES string of the molecule is C(=Cc1nc(Cn2cnc3ccccc32)no1)c1ccccc1. The number of imidazole rings is 1. The molecular formula is C18H14N4O. The van der Waals surface area contributed by atoms with Crippen LogP contribution in [-0.2, 0) is 6.54 Å². The molecule has 0 saturated carbocycles. The summed E-state index contributed by atoms with van der Waals surface area (Å²) in [6.07, 6.45) is 5.56. The Morgan fingerprint density at radius 3 is 2.70 bits per heavy atom. The molecule has 0 atom stereocenters. The topological polar surface area (TPSA) is 56.7 Å². The second-order valence-corrected chi connectivity index (χ2v) is 5.15. The molecule has 0 spiro atoms. The summed E-state index contributed by atoms with van der Waals surface area (Å²) in [4.78, 5) is 8.75. The predicted molar refractivity (Wildman–Crippen MR) is 88.5 cm³/mol. The maximum Gasteiger partial charge on any atom is 0.250 e. The zero-order chi connectivity index (χ0) is 15.5. The molecule has 0 aliphatic carbocycles. The minimum atomic E-state index is 0.494. The molecule has 2 heterocycles. The van der Waals surface area contributed by atoms with Gasteiger partial charge in [0.05, 0.1) is 23.9 Å². The summed E-state index contributed by atoms with van der Waals surface area (Å²) in [7, 11) is 0. The monoisotopic (exact) mass is 302 g/mol. The van der Waals surface area contributed by atoms with Crippen LogP contribution in [0.15, 0.2) is 65.4 Å². The van der Waals surface area contributed by atoms with Gasteiger partial charge >= 0.3 is 0 Å². The van der Waals surface area contributed by atoms with Crippen molar-refractivity contribution in [2.24, 2.45) is 0 Å². The molecular weight excluding hydrogens is 288 g/mol. The van der Waals surface area contributed by atoms with Gasteiger partial charge in [-0.2, -0.15) is 4.98 Å². The number of rotatable bonds is 4. The summed E-state index contributed by atoms with van der Waals surface area (Å²) in [5.74, 6) is 1.12. The number of fused-ring (bicyclic) bond motifs is 1. The van der Waals surface area contributed by atoms with E-state index in [0.29, 0.717) is 18.3 Å². The molecule has 4 aromatic rings. The quantitative estimate of drug-likeness (QED) is 0.577. The fourth-order valence-corrected chi connectivity index (χ4v) is 2.42. The summed E-state index contributed by atoms with van der Waals surface area (Å²) >= 11 is 0. The number of benzene rings is 2. The van der Waals surface area contributed by atoms with E-state index < -0.39 is 0 Å². The molecule has 2 aromatic carbocycles. The van der Waals surface area contributed by atoms with E-state index in [1.165, 1.54) is 0 Å². The smallest absolute Gasteiger partial charge is 0.250 e. The van der Waals surface area contributed by atoms with Crippen LogP contribution in [0.2, 0.25) is 0 Å². The first-order valence-corrected chi connectivity index (χ1v) is 7.34. The van der Waals surface area contributed by atoms with Crippen molar-refractivity contribution in [2.45, 2.75) is 6.54 Å². The second kappa shape index (κ2) is 5.88. The fourth-order valence-electron chi connectivity index (χ4n) is 2.42. The number of hydrogen-bond acceptors (Lipinski definition) is 4. The van der Waals surface area contributed by atoms with Crippen LogP contribution in [0.5, 0.6) is 0 Å². The lowest BCUT2D eigenvalue weighted by molar-refractivity contribution is 0.402. The molecule has 5 nitrogen and oxygen atoms in total. The zero-order valence-corrected chi connectivity index (χ0v) is 12.3. The Hall–Kier alpha value is -3.21. The van der Waals surface area contributed by atoms with Gasteiger partial charge in [-0.05, 0) is 23.8 Å². The fraction of sp³-hybridized carbons (Fsp3) is 0.0556. The first-order chi connectivity index (χ1) is 11.4. The number of nitrogens with zero attached hydrogens (tertiary/aromatic N) is 4. The van der Waals surface area contributed by atoms with Gasteiger partial charge in [-0.15, -0.1) is 0 Å². The number of hydrogen-bond donors (Lipinski definition) is 0. The molecule has 0 radical (unpaired) electrons. The molecule has 0 N–H and O–H groups in total. The predicted octanol–water partition coefficient (Wildman–Crippen LogP) is 3.64. The molecule has 23 heavy (non-hydrogen) atoms. The highest BCUT2D eigenvalue weighted by molar-refractivity contribution is 5.75. The Balaban J connectivity index is 1.53. The lowest BCUT2D eigenvalue weighted by Gasteiger charge is -1.98. The Labute approximate surface area is 132 Å². The summed E-state index contributed by atoms with van der Waals surface area (Å²) in [6.45, 7) is 0.531. The van der Waals surface area contributed by atoms with Crippen LogP contribution in [-0.4, -0.2) is 19.7 Å². The number of aromatic nitrogens is 4. The summed E-state index contributed by atoms with van der Waals surface area (Å²) < 4.78 is 7.27. The Morgan fingerprint density at radius 2 is 1.78 bits per heavy atom. The van der Waals surface area contributed by atoms with Crippen molar-refractivity contribution in [2.75, 3.05) is 0 Å². The standard InChI is InChI=1S/C18H14N4O/c1-2-6-14(7-3-1)10-11-18-20-17(21-23-18)12-22-13-19-15-8-4-5-9-16(15)22/h1-11,13H,12H2. The van der Waals surface area contributed by atoms with Crippen molar-refractivity contribution in [3.8, 4) is 0 Å². The molecule has 0 bridgehead atoms. The second-order valence-electron chi connectivity index (χ2n) is 5.15. The lowest BCUT2D eigenvalue weighted by atomic mass is 10.2. The minimum Gasteiger partial charge on any atom is -0.335 e. The van der Waals surface area contributed by atoms with E-state index in [0.717, 1.165) is 16.6 Å². The van der Waals surface area contributed by atoms with Crippen LogP contribution in [0.3, 0.4) is 0 Å². The molecule has 112 valence electrons. The third kappa shape index (κ3) is 2.89. The third-order valence-electron chi connectivity index (χ3n) is 3.54. The maximum absolute atomic E-state index is 5.27. The highest BCUT2D eigenvalue weighted by Gasteiger charge is 2.07. The Kier molecular flexibility index (Phi) is 3.44. The van der Waals surface area contributed by atoms with E-state index in [1.807, 2.05) is 71.3 Å². The van der Waals surface area contributed by atoms with Crippen molar-refractivity contribution in [1.82, 2.24) is 19.7 Å². The first-order valence-electron chi connectivity index (χ1n) is 7.34. The van der Waals surface area contributed by atoms with Gasteiger partial charge in [-0.3, -0.25) is 0 Å². The van der Waals surface area contributed by atoms with Gasteiger partial charge in [0.2, 0.25) is 0 Å². The van der Waals surface area contributed by atoms with Gasteiger partial charge in [-0.1, -0.05) is 47.6 Å². The van der Waals surface area contributed by atoms with Gasteiger partial charge in [0.15, 0.2) is 5.82 Å². The van der Waals surface area contributed by atoms with Gasteiger partial charge in [0, 0.05) is 6.08 Å². The van der Waals surface area contributed by atoms with E-state index in [1.54, 1.807) is 6.33 Å². The zero-order valence-electron chi connectivity index (χ0n) is 12.3. The van der Waals surface area contributed by atoms with Crippen LogP contribution in [0.4, 0.5) is 0 Å². The molecule has 2 aromatic heterocycles. The molecule has 4 rings (SSSR count). The van der Waals surface area contributed by atoms with E-state index in [2.05, 4.69) is 15.1 Å². The van der Waals surface area contributed by atoms with Crippen LogP contribution in [0, 0.1) is 0 Å². The number of para-hydroxylation sites is 2. The summed E-state index contributed by atoms with van der Waals surface area (Å²) in [5, 5.41) is 4.02. The highest BCUT2D eigenvalue weighted by Crippen LogP contribution is 2.13. The molecule has 5 heteroatoms. The van der Waals surface area contributed by atoms with Crippen LogP contribution >= 0.6 is 0 Å². The van der Waals surface area contributed by atoms with Gasteiger partial charge in [0.1, 0.15) is 0 Å². The first kappa shape index (κ1) is 13.5.